The van der Waals surface area contributed by atoms with Crippen LogP contribution >= 0.6 is 0 Å². The monoisotopic (exact) mass is 246 g/mol. The molecule has 0 bridgehead atoms. The summed E-state index contributed by atoms with van der Waals surface area (Å²) in [5.74, 6) is 0.125. The zero-order valence-corrected chi connectivity index (χ0v) is 11.5. The van der Waals surface area contributed by atoms with E-state index < -0.39 is 0 Å². The molecule has 0 spiro atoms. The molecule has 2 rings (SSSR count). The second-order valence-electron chi connectivity index (χ2n) is 5.44. The number of hydrogen-bond donors (Lipinski definition) is 1. The minimum atomic E-state index is 0.125. The van der Waals surface area contributed by atoms with Gasteiger partial charge in [0.2, 0.25) is 0 Å². The summed E-state index contributed by atoms with van der Waals surface area (Å²) >= 11 is 0. The van der Waals surface area contributed by atoms with Gasteiger partial charge >= 0.3 is 0 Å². The van der Waals surface area contributed by atoms with E-state index in [-0.39, 0.29) is 11.3 Å². The van der Waals surface area contributed by atoms with Gasteiger partial charge in [0.05, 0.1) is 0 Å². The highest BCUT2D eigenvalue weighted by Crippen LogP contribution is 2.25. The predicted octanol–water partition coefficient (Wildman–Crippen LogP) is 2.47. The fourth-order valence-electron chi connectivity index (χ4n) is 2.57. The molecule has 1 aromatic rings. The molecule has 3 nitrogen and oxygen atoms in total. The maximum Gasteiger partial charge on any atom is 0.159 e. The van der Waals surface area contributed by atoms with Crippen molar-refractivity contribution in [2.24, 2.45) is 0 Å². The van der Waals surface area contributed by atoms with Crippen molar-refractivity contribution in [3.05, 3.63) is 29.8 Å². The Kier molecular flexibility index (Phi) is 3.71. The fraction of sp³-hybridized carbons (Fsp3) is 0.533. The first-order valence-corrected chi connectivity index (χ1v) is 6.59. The van der Waals surface area contributed by atoms with E-state index >= 15 is 0 Å². The number of anilines is 1. The van der Waals surface area contributed by atoms with Crippen molar-refractivity contribution in [1.29, 1.82) is 0 Å². The first kappa shape index (κ1) is 13.1. The Labute approximate surface area is 109 Å². The molecule has 1 unspecified atom stereocenters. The molecule has 0 aliphatic carbocycles. The van der Waals surface area contributed by atoms with Gasteiger partial charge in [0, 0.05) is 29.9 Å². The molecule has 0 aromatic heterocycles. The molecule has 0 saturated carbocycles. The quantitative estimate of drug-likeness (QED) is 0.832. The summed E-state index contributed by atoms with van der Waals surface area (Å²) in [6.45, 7) is 5.98. The first-order valence-electron chi connectivity index (χ1n) is 6.59. The average Bonchev–Trinajstić information content (AvgIpc) is 2.39. The molecule has 0 radical (unpaired) electrons. The Morgan fingerprint density at radius 1 is 1.33 bits per heavy atom. The van der Waals surface area contributed by atoms with Gasteiger partial charge in [-0.05, 0) is 58.0 Å². The number of ketones is 1. The third kappa shape index (κ3) is 2.72. The van der Waals surface area contributed by atoms with E-state index in [1.54, 1.807) is 6.92 Å². The minimum Gasteiger partial charge on any atom is -0.370 e. The molecule has 1 aliphatic heterocycles. The molecule has 1 heterocycles. The van der Waals surface area contributed by atoms with Crippen molar-refractivity contribution >= 4 is 11.5 Å². The van der Waals surface area contributed by atoms with E-state index in [0.717, 1.165) is 18.7 Å². The van der Waals surface area contributed by atoms with E-state index in [1.807, 2.05) is 19.2 Å². The van der Waals surface area contributed by atoms with Gasteiger partial charge in [-0.25, -0.2) is 0 Å². The van der Waals surface area contributed by atoms with Gasteiger partial charge in [0.15, 0.2) is 5.78 Å². The van der Waals surface area contributed by atoms with Crippen LogP contribution in [0.25, 0.3) is 0 Å². The smallest absolute Gasteiger partial charge is 0.159 e. The van der Waals surface area contributed by atoms with E-state index in [1.165, 1.54) is 18.5 Å². The van der Waals surface area contributed by atoms with Crippen molar-refractivity contribution in [1.82, 2.24) is 5.32 Å². The van der Waals surface area contributed by atoms with Gasteiger partial charge in [0.1, 0.15) is 0 Å². The van der Waals surface area contributed by atoms with Crippen molar-refractivity contribution in [3.8, 4) is 0 Å². The number of benzene rings is 1. The highest BCUT2D eigenvalue weighted by Gasteiger charge is 2.29. The summed E-state index contributed by atoms with van der Waals surface area (Å²) in [5.41, 5.74) is 2.19. The summed E-state index contributed by atoms with van der Waals surface area (Å²) in [7, 11) is 2.03. The first-order chi connectivity index (χ1) is 8.54. The molecule has 1 N–H and O–H groups in total. The Morgan fingerprint density at radius 2 is 2.00 bits per heavy atom. The van der Waals surface area contributed by atoms with Gasteiger partial charge in [0.25, 0.3) is 0 Å². The SMILES string of the molecule is CNC1(C)CCCN(c2ccc(C(C)=O)cc2)C1. The van der Waals surface area contributed by atoms with Crippen molar-refractivity contribution in [2.75, 3.05) is 25.0 Å². The van der Waals surface area contributed by atoms with Crippen LogP contribution < -0.4 is 10.2 Å². The van der Waals surface area contributed by atoms with E-state index in [2.05, 4.69) is 29.3 Å². The molecular formula is C15H22N2O. The number of likely N-dealkylation sites (N-methyl/N-ethyl adjacent to an activating group) is 1. The highest BCUT2D eigenvalue weighted by molar-refractivity contribution is 5.94. The molecule has 0 amide bonds. The van der Waals surface area contributed by atoms with Gasteiger partial charge < -0.3 is 10.2 Å². The number of carbonyl (C=O) groups is 1. The molecule has 1 saturated heterocycles. The maximum absolute atomic E-state index is 11.3. The Hall–Kier alpha value is -1.35. The molecule has 1 aromatic carbocycles. The van der Waals surface area contributed by atoms with Crippen LogP contribution in [-0.4, -0.2) is 31.5 Å². The van der Waals surface area contributed by atoms with E-state index in [4.69, 9.17) is 0 Å². The second kappa shape index (κ2) is 5.11. The van der Waals surface area contributed by atoms with Crippen LogP contribution in [-0.2, 0) is 0 Å². The third-order valence-electron chi connectivity index (χ3n) is 3.94. The standard InChI is InChI=1S/C15H22N2O/c1-12(18)13-5-7-14(8-6-13)17-10-4-9-15(2,11-17)16-3/h5-8,16H,4,9-11H2,1-3H3. The number of Topliss-reactive ketones (excluding diaryl/α,β-unsaturated/α-hetero) is 1. The number of nitrogens with zero attached hydrogens (tertiary/aromatic N) is 1. The van der Waals surface area contributed by atoms with Gasteiger partial charge in [-0.2, -0.15) is 0 Å². The van der Waals surface area contributed by atoms with Crippen LogP contribution in [0.4, 0.5) is 5.69 Å². The van der Waals surface area contributed by atoms with E-state index in [9.17, 15) is 4.79 Å². The van der Waals surface area contributed by atoms with Crippen molar-refractivity contribution in [2.45, 2.75) is 32.2 Å². The van der Waals surface area contributed by atoms with Crippen LogP contribution in [0.1, 0.15) is 37.0 Å². The summed E-state index contributed by atoms with van der Waals surface area (Å²) in [6.07, 6.45) is 2.41. The number of piperidine rings is 1. The number of carbonyl (C=O) groups excluding carboxylic acids is 1. The predicted molar refractivity (Wildman–Crippen MR) is 75.4 cm³/mol. The number of rotatable bonds is 3. The fourth-order valence-corrected chi connectivity index (χ4v) is 2.57. The number of nitrogens with one attached hydrogen (secondary N) is 1. The zero-order chi connectivity index (χ0) is 13.2. The van der Waals surface area contributed by atoms with Crippen molar-refractivity contribution in [3.63, 3.8) is 0 Å². The van der Waals surface area contributed by atoms with Crippen molar-refractivity contribution < 1.29 is 4.79 Å². The average molecular weight is 246 g/mol. The van der Waals surface area contributed by atoms with Gasteiger partial charge in [-0.1, -0.05) is 0 Å². The van der Waals surface area contributed by atoms with Crippen LogP contribution in [0, 0.1) is 0 Å². The lowest BCUT2D eigenvalue weighted by molar-refractivity contribution is 0.101. The van der Waals surface area contributed by atoms with Gasteiger partial charge in [-0.3, -0.25) is 4.79 Å². The molecule has 98 valence electrons. The summed E-state index contributed by atoms with van der Waals surface area (Å²) in [4.78, 5) is 13.7. The maximum atomic E-state index is 11.3. The van der Waals surface area contributed by atoms with Crippen LogP contribution in [0.5, 0.6) is 0 Å². The normalized spacial score (nSPS) is 24.1. The van der Waals surface area contributed by atoms with E-state index in [0.29, 0.717) is 0 Å². The largest absolute Gasteiger partial charge is 0.370 e. The minimum absolute atomic E-state index is 0.125. The zero-order valence-electron chi connectivity index (χ0n) is 11.5. The highest BCUT2D eigenvalue weighted by atomic mass is 16.1. The van der Waals surface area contributed by atoms with Crippen LogP contribution in [0.3, 0.4) is 0 Å². The summed E-state index contributed by atoms with van der Waals surface area (Å²) in [5, 5.41) is 3.41. The van der Waals surface area contributed by atoms with Gasteiger partial charge in [-0.15, -0.1) is 0 Å². The third-order valence-corrected chi connectivity index (χ3v) is 3.94. The molecule has 1 fully saturated rings. The molecule has 18 heavy (non-hydrogen) atoms. The Balaban J connectivity index is 2.14. The lowest BCUT2D eigenvalue weighted by atomic mass is 9.91. The Bertz CT molecular complexity index is 427. The second-order valence-corrected chi connectivity index (χ2v) is 5.44. The van der Waals surface area contributed by atoms with Crippen LogP contribution in [0.2, 0.25) is 0 Å². The number of hydrogen-bond acceptors (Lipinski definition) is 3. The van der Waals surface area contributed by atoms with Crippen LogP contribution in [0.15, 0.2) is 24.3 Å². The summed E-state index contributed by atoms with van der Waals surface area (Å²) in [6, 6.07) is 7.95. The lowest BCUT2D eigenvalue weighted by Gasteiger charge is -2.41. The molecule has 1 aliphatic rings. The Morgan fingerprint density at radius 3 is 2.56 bits per heavy atom. The summed E-state index contributed by atoms with van der Waals surface area (Å²) < 4.78 is 0. The lowest BCUT2D eigenvalue weighted by Crippen LogP contribution is -2.53. The molecular weight excluding hydrogens is 224 g/mol. The topological polar surface area (TPSA) is 32.3 Å². The molecule has 3 heteroatoms. The molecule has 1 atom stereocenters.